The summed E-state index contributed by atoms with van der Waals surface area (Å²) in [5, 5.41) is 3.05. The molecule has 1 saturated heterocycles. The third-order valence-corrected chi connectivity index (χ3v) is 8.00. The maximum Gasteiger partial charge on any atom is 0.252 e. The Labute approximate surface area is 180 Å². The highest BCUT2D eigenvalue weighted by atomic mass is 32.2. The van der Waals surface area contributed by atoms with Crippen LogP contribution in [0.4, 0.5) is 0 Å². The molecule has 0 unspecified atom stereocenters. The van der Waals surface area contributed by atoms with Crippen LogP contribution in [0.3, 0.4) is 0 Å². The summed E-state index contributed by atoms with van der Waals surface area (Å²) in [6, 6.07) is 8.90. The Bertz CT molecular complexity index is 1050. The van der Waals surface area contributed by atoms with Gasteiger partial charge in [-0.05, 0) is 87.4 Å². The van der Waals surface area contributed by atoms with Gasteiger partial charge in [0.05, 0.1) is 10.9 Å². The molecule has 2 aromatic rings. The van der Waals surface area contributed by atoms with Crippen LogP contribution in [0.2, 0.25) is 0 Å². The van der Waals surface area contributed by atoms with Crippen LogP contribution in [0.1, 0.15) is 70.4 Å². The molecule has 0 radical (unpaired) electrons. The number of rotatable bonds is 5. The molecule has 30 heavy (non-hydrogen) atoms. The van der Waals surface area contributed by atoms with E-state index in [1.165, 1.54) is 21.5 Å². The van der Waals surface area contributed by atoms with E-state index < -0.39 is 10.0 Å². The van der Waals surface area contributed by atoms with E-state index >= 15 is 0 Å². The fourth-order valence-corrected chi connectivity index (χ4v) is 5.61. The first kappa shape index (κ1) is 22.5. The van der Waals surface area contributed by atoms with Crippen molar-refractivity contribution >= 4 is 15.9 Å². The molecule has 1 heterocycles. The average Bonchev–Trinajstić information content (AvgIpc) is 2.71. The number of nitrogens with zero attached hydrogens (tertiary/aromatic N) is 1. The summed E-state index contributed by atoms with van der Waals surface area (Å²) in [4.78, 5) is 13.2. The van der Waals surface area contributed by atoms with Crippen LogP contribution in [0.5, 0.6) is 0 Å². The number of amides is 1. The smallest absolute Gasteiger partial charge is 0.252 e. The van der Waals surface area contributed by atoms with E-state index in [-0.39, 0.29) is 16.8 Å². The quantitative estimate of drug-likeness (QED) is 0.758. The molecule has 1 fully saturated rings. The van der Waals surface area contributed by atoms with Gasteiger partial charge in [-0.2, -0.15) is 4.31 Å². The second-order valence-corrected chi connectivity index (χ2v) is 10.4. The van der Waals surface area contributed by atoms with Crippen molar-refractivity contribution in [2.45, 2.75) is 64.8 Å². The van der Waals surface area contributed by atoms with E-state index in [2.05, 4.69) is 31.3 Å². The van der Waals surface area contributed by atoms with E-state index in [1.807, 2.05) is 20.8 Å². The second kappa shape index (κ2) is 8.90. The molecule has 1 atom stereocenters. The van der Waals surface area contributed by atoms with E-state index in [0.29, 0.717) is 18.7 Å². The summed E-state index contributed by atoms with van der Waals surface area (Å²) in [6.45, 7) is 11.1. The fourth-order valence-electron chi connectivity index (χ4n) is 4.06. The van der Waals surface area contributed by atoms with Crippen LogP contribution >= 0.6 is 0 Å². The normalized spacial score (nSPS) is 16.3. The number of hydrogen-bond donors (Lipinski definition) is 1. The molecule has 0 aliphatic carbocycles. The molecule has 162 valence electrons. The van der Waals surface area contributed by atoms with Gasteiger partial charge in [-0.15, -0.1) is 0 Å². The van der Waals surface area contributed by atoms with Crippen molar-refractivity contribution in [3.05, 3.63) is 63.7 Å². The fraction of sp³-hybridized carbons (Fsp3) is 0.458. The van der Waals surface area contributed by atoms with Crippen molar-refractivity contribution in [1.82, 2.24) is 9.62 Å². The molecular weight excluding hydrogens is 396 g/mol. The minimum absolute atomic E-state index is 0.182. The minimum Gasteiger partial charge on any atom is -0.345 e. The zero-order valence-corrected chi connectivity index (χ0v) is 19.4. The number of hydrogen-bond acceptors (Lipinski definition) is 3. The Balaban J connectivity index is 1.86. The van der Waals surface area contributed by atoms with Crippen molar-refractivity contribution in [3.63, 3.8) is 0 Å². The van der Waals surface area contributed by atoms with Gasteiger partial charge in [0.1, 0.15) is 0 Å². The lowest BCUT2D eigenvalue weighted by Crippen LogP contribution is -2.36. The molecule has 1 aliphatic rings. The molecule has 1 amide bonds. The van der Waals surface area contributed by atoms with Crippen LogP contribution in [0, 0.1) is 27.7 Å². The predicted octanol–water partition coefficient (Wildman–Crippen LogP) is 4.59. The molecule has 0 spiro atoms. The second-order valence-electron chi connectivity index (χ2n) is 8.43. The summed E-state index contributed by atoms with van der Waals surface area (Å²) >= 11 is 0. The molecule has 0 aromatic heterocycles. The van der Waals surface area contributed by atoms with Crippen molar-refractivity contribution in [2.24, 2.45) is 0 Å². The highest BCUT2D eigenvalue weighted by Crippen LogP contribution is 2.25. The molecule has 1 N–H and O–H groups in total. The van der Waals surface area contributed by atoms with E-state index in [9.17, 15) is 13.2 Å². The van der Waals surface area contributed by atoms with Gasteiger partial charge in [0, 0.05) is 18.7 Å². The van der Waals surface area contributed by atoms with Crippen LogP contribution < -0.4 is 5.32 Å². The van der Waals surface area contributed by atoms with Crippen molar-refractivity contribution < 1.29 is 13.2 Å². The van der Waals surface area contributed by atoms with E-state index in [4.69, 9.17) is 0 Å². The lowest BCUT2D eigenvalue weighted by atomic mass is 9.96. The first-order valence-corrected chi connectivity index (χ1v) is 12.0. The monoisotopic (exact) mass is 428 g/mol. The standard InChI is InChI=1S/C24H32N2O3S/c1-16-9-10-21(30(28,29)26-11-7-6-8-12-26)15-23(16)24(27)25-20(5)22-14-18(3)17(2)13-19(22)4/h9-10,13-15,20H,6-8,11-12H2,1-5H3,(H,25,27)/t20-/m0/s1. The Morgan fingerprint density at radius 1 is 0.900 bits per heavy atom. The van der Waals surface area contributed by atoms with Gasteiger partial charge in [-0.25, -0.2) is 8.42 Å². The lowest BCUT2D eigenvalue weighted by molar-refractivity contribution is 0.0939. The zero-order chi connectivity index (χ0) is 22.1. The number of piperidine rings is 1. The number of carbonyl (C=O) groups excluding carboxylic acids is 1. The van der Waals surface area contributed by atoms with Gasteiger partial charge in [-0.3, -0.25) is 4.79 Å². The van der Waals surface area contributed by atoms with Gasteiger partial charge in [0.15, 0.2) is 0 Å². The van der Waals surface area contributed by atoms with Gasteiger partial charge in [0.2, 0.25) is 10.0 Å². The largest absolute Gasteiger partial charge is 0.345 e. The van der Waals surface area contributed by atoms with Crippen molar-refractivity contribution in [1.29, 1.82) is 0 Å². The Morgan fingerprint density at radius 2 is 1.53 bits per heavy atom. The molecule has 0 bridgehead atoms. The summed E-state index contributed by atoms with van der Waals surface area (Å²) in [7, 11) is -3.58. The first-order valence-electron chi connectivity index (χ1n) is 10.6. The van der Waals surface area contributed by atoms with Gasteiger partial charge >= 0.3 is 0 Å². The minimum atomic E-state index is -3.58. The van der Waals surface area contributed by atoms with E-state index in [0.717, 1.165) is 36.0 Å². The predicted molar refractivity (Wildman–Crippen MR) is 120 cm³/mol. The van der Waals surface area contributed by atoms with Gasteiger partial charge < -0.3 is 5.32 Å². The Hall–Kier alpha value is -2.18. The molecule has 5 nitrogen and oxygen atoms in total. The van der Waals surface area contributed by atoms with Crippen molar-refractivity contribution in [3.8, 4) is 0 Å². The SMILES string of the molecule is Cc1cc(C)c([C@H](C)NC(=O)c2cc(S(=O)(=O)N3CCCCC3)ccc2C)cc1C. The number of benzene rings is 2. The number of aryl methyl sites for hydroxylation is 4. The highest BCUT2D eigenvalue weighted by Gasteiger charge is 2.27. The van der Waals surface area contributed by atoms with Crippen LogP contribution in [-0.4, -0.2) is 31.7 Å². The molecule has 0 saturated carbocycles. The number of sulfonamides is 1. The summed E-state index contributed by atoms with van der Waals surface area (Å²) in [6.07, 6.45) is 2.82. The van der Waals surface area contributed by atoms with Crippen LogP contribution in [-0.2, 0) is 10.0 Å². The highest BCUT2D eigenvalue weighted by molar-refractivity contribution is 7.89. The lowest BCUT2D eigenvalue weighted by Gasteiger charge is -2.26. The Kier molecular flexibility index (Phi) is 6.68. The third-order valence-electron chi connectivity index (χ3n) is 6.10. The van der Waals surface area contributed by atoms with Gasteiger partial charge in [-0.1, -0.05) is 24.6 Å². The average molecular weight is 429 g/mol. The topological polar surface area (TPSA) is 66.5 Å². The first-order chi connectivity index (χ1) is 14.1. The van der Waals surface area contributed by atoms with Crippen LogP contribution in [0.15, 0.2) is 35.2 Å². The molecule has 3 rings (SSSR count). The third kappa shape index (κ3) is 4.60. The summed E-state index contributed by atoms with van der Waals surface area (Å²) in [5.74, 6) is -0.256. The number of carbonyl (C=O) groups is 1. The molecule has 2 aromatic carbocycles. The summed E-state index contributed by atoms with van der Waals surface area (Å²) < 4.78 is 27.6. The maximum atomic E-state index is 13.0. The van der Waals surface area contributed by atoms with Crippen molar-refractivity contribution in [2.75, 3.05) is 13.1 Å². The molecular formula is C24H32N2O3S. The Morgan fingerprint density at radius 3 is 2.20 bits per heavy atom. The maximum absolute atomic E-state index is 13.0. The summed E-state index contributed by atoms with van der Waals surface area (Å²) in [5.41, 5.74) is 5.77. The molecule has 1 aliphatic heterocycles. The zero-order valence-electron chi connectivity index (χ0n) is 18.6. The van der Waals surface area contributed by atoms with E-state index in [1.54, 1.807) is 12.1 Å². The molecule has 6 heteroatoms. The van der Waals surface area contributed by atoms with Crippen LogP contribution in [0.25, 0.3) is 0 Å². The van der Waals surface area contributed by atoms with Gasteiger partial charge in [0.25, 0.3) is 5.91 Å². The number of nitrogens with one attached hydrogen (secondary N) is 1.